The molecule has 0 aliphatic carbocycles. The molecule has 0 saturated carbocycles. The van der Waals surface area contributed by atoms with E-state index in [9.17, 15) is 9.59 Å². The lowest BCUT2D eigenvalue weighted by Crippen LogP contribution is -2.46. The van der Waals surface area contributed by atoms with Gasteiger partial charge in [0.05, 0.1) is 19.4 Å². The molecule has 6 nitrogen and oxygen atoms in total. The third-order valence-corrected chi connectivity index (χ3v) is 5.02. The SMILES string of the molecule is CC(C)C[C@@H]1NC(=O)N(CN2CCC(OCc3ccccc3)CC2)C1=O. The van der Waals surface area contributed by atoms with Crippen molar-refractivity contribution in [3.8, 4) is 0 Å². The molecule has 6 heteroatoms. The summed E-state index contributed by atoms with van der Waals surface area (Å²) in [6, 6.07) is 9.56. The topological polar surface area (TPSA) is 61.9 Å². The molecule has 0 spiro atoms. The summed E-state index contributed by atoms with van der Waals surface area (Å²) in [5.41, 5.74) is 1.19. The summed E-state index contributed by atoms with van der Waals surface area (Å²) in [4.78, 5) is 28.1. The summed E-state index contributed by atoms with van der Waals surface area (Å²) in [7, 11) is 0. The number of hydrogen-bond acceptors (Lipinski definition) is 4. The normalized spacial score (nSPS) is 22.3. The number of urea groups is 1. The van der Waals surface area contributed by atoms with E-state index < -0.39 is 0 Å². The van der Waals surface area contributed by atoms with Crippen molar-refractivity contribution in [1.29, 1.82) is 0 Å². The molecule has 0 radical (unpaired) electrons. The molecule has 0 bridgehead atoms. The monoisotopic (exact) mass is 359 g/mol. The molecular weight excluding hydrogens is 330 g/mol. The van der Waals surface area contributed by atoms with Gasteiger partial charge in [0.25, 0.3) is 5.91 Å². The molecule has 3 rings (SSSR count). The lowest BCUT2D eigenvalue weighted by molar-refractivity contribution is -0.129. The predicted molar refractivity (Wildman–Crippen MR) is 99.3 cm³/mol. The van der Waals surface area contributed by atoms with Crippen molar-refractivity contribution in [2.45, 2.75) is 51.9 Å². The molecule has 1 N–H and O–H groups in total. The fourth-order valence-electron chi connectivity index (χ4n) is 3.55. The zero-order chi connectivity index (χ0) is 18.5. The van der Waals surface area contributed by atoms with Crippen LogP contribution in [0.2, 0.25) is 0 Å². The first-order chi connectivity index (χ1) is 12.5. The Morgan fingerprint density at radius 1 is 1.15 bits per heavy atom. The van der Waals surface area contributed by atoms with Gasteiger partial charge in [0.1, 0.15) is 6.04 Å². The number of carbonyl (C=O) groups is 2. The van der Waals surface area contributed by atoms with Gasteiger partial charge in [-0.3, -0.25) is 9.69 Å². The maximum Gasteiger partial charge on any atom is 0.325 e. The summed E-state index contributed by atoms with van der Waals surface area (Å²) in [6.45, 7) is 6.81. The number of likely N-dealkylation sites (tertiary alicyclic amines) is 1. The quantitative estimate of drug-likeness (QED) is 0.760. The number of rotatable bonds is 7. The van der Waals surface area contributed by atoms with E-state index in [0.717, 1.165) is 25.9 Å². The second-order valence-corrected chi connectivity index (χ2v) is 7.65. The van der Waals surface area contributed by atoms with Crippen molar-refractivity contribution < 1.29 is 14.3 Å². The minimum absolute atomic E-state index is 0.0915. The van der Waals surface area contributed by atoms with Crippen LogP contribution in [0.15, 0.2) is 30.3 Å². The maximum atomic E-state index is 12.4. The highest BCUT2D eigenvalue weighted by molar-refractivity contribution is 6.04. The van der Waals surface area contributed by atoms with Gasteiger partial charge in [0.2, 0.25) is 0 Å². The number of piperidine rings is 1. The first kappa shape index (κ1) is 18.9. The van der Waals surface area contributed by atoms with Crippen LogP contribution >= 0.6 is 0 Å². The van der Waals surface area contributed by atoms with Crippen molar-refractivity contribution in [3.05, 3.63) is 35.9 Å². The van der Waals surface area contributed by atoms with E-state index >= 15 is 0 Å². The molecule has 1 aromatic carbocycles. The minimum Gasteiger partial charge on any atom is -0.373 e. The van der Waals surface area contributed by atoms with Crippen molar-refractivity contribution in [1.82, 2.24) is 15.1 Å². The Kier molecular flexibility index (Phi) is 6.27. The molecule has 142 valence electrons. The highest BCUT2D eigenvalue weighted by Crippen LogP contribution is 2.19. The van der Waals surface area contributed by atoms with E-state index in [2.05, 4.69) is 36.2 Å². The zero-order valence-electron chi connectivity index (χ0n) is 15.7. The van der Waals surface area contributed by atoms with E-state index in [4.69, 9.17) is 4.74 Å². The van der Waals surface area contributed by atoms with Gasteiger partial charge in [0.15, 0.2) is 0 Å². The van der Waals surface area contributed by atoms with Crippen LogP contribution in [0.4, 0.5) is 4.79 Å². The van der Waals surface area contributed by atoms with Gasteiger partial charge in [-0.15, -0.1) is 0 Å². The molecule has 0 unspecified atom stereocenters. The maximum absolute atomic E-state index is 12.4. The number of nitrogens with one attached hydrogen (secondary N) is 1. The molecule has 2 saturated heterocycles. The Morgan fingerprint density at radius 3 is 2.50 bits per heavy atom. The number of ether oxygens (including phenoxy) is 1. The van der Waals surface area contributed by atoms with Crippen LogP contribution in [0.1, 0.15) is 38.7 Å². The summed E-state index contributed by atoms with van der Waals surface area (Å²) < 4.78 is 6.00. The van der Waals surface area contributed by atoms with Crippen molar-refractivity contribution in [2.24, 2.45) is 5.92 Å². The summed E-state index contributed by atoms with van der Waals surface area (Å²) in [5.74, 6) is 0.285. The summed E-state index contributed by atoms with van der Waals surface area (Å²) in [6.07, 6.45) is 2.78. The standard InChI is InChI=1S/C20H29N3O3/c1-15(2)12-18-19(24)23(20(25)21-18)14-22-10-8-17(9-11-22)26-13-16-6-4-3-5-7-16/h3-7,15,17-18H,8-14H2,1-2H3,(H,21,25)/t18-/m0/s1. The molecule has 2 heterocycles. The van der Waals surface area contributed by atoms with Gasteiger partial charge in [-0.2, -0.15) is 0 Å². The second-order valence-electron chi connectivity index (χ2n) is 7.65. The number of hydrogen-bond donors (Lipinski definition) is 1. The average molecular weight is 359 g/mol. The van der Waals surface area contributed by atoms with Crippen LogP contribution in [0.5, 0.6) is 0 Å². The van der Waals surface area contributed by atoms with Gasteiger partial charge in [0, 0.05) is 13.1 Å². The largest absolute Gasteiger partial charge is 0.373 e. The molecular formula is C20H29N3O3. The number of benzene rings is 1. The smallest absolute Gasteiger partial charge is 0.325 e. The Balaban J connectivity index is 1.42. The van der Waals surface area contributed by atoms with E-state index in [0.29, 0.717) is 25.6 Å². The van der Waals surface area contributed by atoms with Crippen LogP contribution in [0.25, 0.3) is 0 Å². The lowest BCUT2D eigenvalue weighted by Gasteiger charge is -2.33. The van der Waals surface area contributed by atoms with E-state index in [1.54, 1.807) is 0 Å². The molecule has 3 amide bonds. The number of carbonyl (C=O) groups excluding carboxylic acids is 2. The van der Waals surface area contributed by atoms with Crippen LogP contribution in [-0.4, -0.2) is 53.6 Å². The third kappa shape index (κ3) is 4.83. The predicted octanol–water partition coefficient (Wildman–Crippen LogP) is 2.59. The highest BCUT2D eigenvalue weighted by Gasteiger charge is 2.39. The molecule has 2 aliphatic heterocycles. The van der Waals surface area contributed by atoms with Crippen molar-refractivity contribution >= 4 is 11.9 Å². The summed E-state index contributed by atoms with van der Waals surface area (Å²) >= 11 is 0. The highest BCUT2D eigenvalue weighted by atomic mass is 16.5. The average Bonchev–Trinajstić information content (AvgIpc) is 2.89. The fraction of sp³-hybridized carbons (Fsp3) is 0.600. The van der Waals surface area contributed by atoms with Crippen molar-refractivity contribution in [2.75, 3.05) is 19.8 Å². The van der Waals surface area contributed by atoms with Crippen LogP contribution in [-0.2, 0) is 16.1 Å². The molecule has 26 heavy (non-hydrogen) atoms. The number of imide groups is 1. The van der Waals surface area contributed by atoms with Gasteiger partial charge in [-0.25, -0.2) is 9.69 Å². The van der Waals surface area contributed by atoms with E-state index in [-0.39, 0.29) is 24.1 Å². The molecule has 2 fully saturated rings. The van der Waals surface area contributed by atoms with Gasteiger partial charge in [-0.05, 0) is 30.7 Å². The molecule has 2 aliphatic rings. The van der Waals surface area contributed by atoms with Crippen molar-refractivity contribution in [3.63, 3.8) is 0 Å². The number of amides is 3. The van der Waals surface area contributed by atoms with Crippen LogP contribution < -0.4 is 5.32 Å². The first-order valence-corrected chi connectivity index (χ1v) is 9.52. The Labute approximate surface area is 155 Å². The molecule has 0 aromatic heterocycles. The van der Waals surface area contributed by atoms with Crippen LogP contribution in [0, 0.1) is 5.92 Å². The van der Waals surface area contributed by atoms with E-state index in [1.165, 1.54) is 10.5 Å². The summed E-state index contributed by atoms with van der Waals surface area (Å²) in [5, 5.41) is 2.81. The fourth-order valence-corrected chi connectivity index (χ4v) is 3.55. The Bertz CT molecular complexity index is 612. The minimum atomic E-state index is -0.366. The van der Waals surface area contributed by atoms with Crippen LogP contribution in [0.3, 0.4) is 0 Å². The third-order valence-electron chi connectivity index (χ3n) is 5.02. The lowest BCUT2D eigenvalue weighted by atomic mass is 10.0. The number of nitrogens with zero attached hydrogens (tertiary/aromatic N) is 2. The Hall–Kier alpha value is -1.92. The molecule has 1 aromatic rings. The van der Waals surface area contributed by atoms with E-state index in [1.807, 2.05) is 18.2 Å². The van der Waals surface area contributed by atoms with Gasteiger partial charge >= 0.3 is 6.03 Å². The Morgan fingerprint density at radius 2 is 1.85 bits per heavy atom. The van der Waals surface area contributed by atoms with Gasteiger partial charge < -0.3 is 10.1 Å². The molecule has 1 atom stereocenters. The first-order valence-electron chi connectivity index (χ1n) is 9.52. The van der Waals surface area contributed by atoms with Gasteiger partial charge in [-0.1, -0.05) is 44.2 Å². The zero-order valence-corrected chi connectivity index (χ0v) is 15.7. The second kappa shape index (κ2) is 8.64.